The van der Waals surface area contributed by atoms with Gasteiger partial charge in [0.15, 0.2) is 5.96 Å². The van der Waals surface area contributed by atoms with Crippen LogP contribution in [0.25, 0.3) is 0 Å². The van der Waals surface area contributed by atoms with Crippen molar-refractivity contribution in [3.63, 3.8) is 0 Å². The van der Waals surface area contributed by atoms with Crippen LogP contribution in [0.15, 0.2) is 4.99 Å². The summed E-state index contributed by atoms with van der Waals surface area (Å²) < 4.78 is 5.76. The first kappa shape index (κ1) is 16.6. The van der Waals surface area contributed by atoms with Crippen molar-refractivity contribution < 1.29 is 4.74 Å². The molecule has 2 aliphatic rings. The fraction of sp³-hybridized carbons (Fsp3) is 0.938. The molecule has 2 fully saturated rings. The maximum Gasteiger partial charge on any atom is 0.188 e. The van der Waals surface area contributed by atoms with E-state index in [0.717, 1.165) is 32.5 Å². The van der Waals surface area contributed by atoms with E-state index in [4.69, 9.17) is 10.5 Å². The summed E-state index contributed by atoms with van der Waals surface area (Å²) in [5, 5.41) is 3.31. The maximum atomic E-state index is 6.01. The number of aliphatic imine (C=N–C) groups is 1. The van der Waals surface area contributed by atoms with Gasteiger partial charge in [0.2, 0.25) is 0 Å². The third-order valence-electron chi connectivity index (χ3n) is 4.74. The molecule has 2 heterocycles. The standard InChI is InChI=1S/C16H32N4O/c1-4-20-7-5-6-15(20)11-19-16(17)18-10-14-8-12(2)21-13(3)9-14/h12-15H,4-11H2,1-3H3,(H3,17,18,19). The first-order chi connectivity index (χ1) is 10.1. The van der Waals surface area contributed by atoms with Gasteiger partial charge >= 0.3 is 0 Å². The van der Waals surface area contributed by atoms with Crippen LogP contribution in [-0.4, -0.2) is 55.3 Å². The number of ether oxygens (including phenoxy) is 1. The summed E-state index contributed by atoms with van der Waals surface area (Å²) in [6.07, 6.45) is 5.44. The quantitative estimate of drug-likeness (QED) is 0.597. The van der Waals surface area contributed by atoms with Gasteiger partial charge in [-0.2, -0.15) is 0 Å². The van der Waals surface area contributed by atoms with E-state index in [9.17, 15) is 0 Å². The molecule has 0 aromatic heterocycles. The molecule has 2 saturated heterocycles. The molecule has 3 unspecified atom stereocenters. The minimum Gasteiger partial charge on any atom is -0.376 e. The van der Waals surface area contributed by atoms with Gasteiger partial charge < -0.3 is 15.8 Å². The van der Waals surface area contributed by atoms with Gasteiger partial charge in [0.05, 0.1) is 12.2 Å². The lowest BCUT2D eigenvalue weighted by Gasteiger charge is -2.31. The average Bonchev–Trinajstić information content (AvgIpc) is 2.89. The predicted molar refractivity (Wildman–Crippen MR) is 87.5 cm³/mol. The van der Waals surface area contributed by atoms with E-state index in [1.807, 2.05) is 0 Å². The SMILES string of the molecule is CCN1CCCC1CNC(N)=NCC1CC(C)OC(C)C1. The molecule has 122 valence electrons. The molecule has 0 aromatic carbocycles. The van der Waals surface area contributed by atoms with Gasteiger partial charge in [0.25, 0.3) is 0 Å². The molecular weight excluding hydrogens is 264 g/mol. The van der Waals surface area contributed by atoms with Crippen LogP contribution in [0.1, 0.15) is 46.5 Å². The van der Waals surface area contributed by atoms with E-state index < -0.39 is 0 Å². The van der Waals surface area contributed by atoms with E-state index >= 15 is 0 Å². The smallest absolute Gasteiger partial charge is 0.188 e. The maximum absolute atomic E-state index is 6.01. The van der Waals surface area contributed by atoms with E-state index in [-0.39, 0.29) is 0 Å². The zero-order valence-corrected chi connectivity index (χ0v) is 13.8. The fourth-order valence-corrected chi connectivity index (χ4v) is 3.74. The number of guanidine groups is 1. The normalized spacial score (nSPS) is 35.1. The van der Waals surface area contributed by atoms with Gasteiger partial charge in [-0.1, -0.05) is 6.92 Å². The summed E-state index contributed by atoms with van der Waals surface area (Å²) in [5.41, 5.74) is 6.01. The summed E-state index contributed by atoms with van der Waals surface area (Å²) in [5.74, 6) is 1.20. The molecule has 0 aromatic rings. The van der Waals surface area contributed by atoms with Crippen LogP contribution in [0.4, 0.5) is 0 Å². The van der Waals surface area contributed by atoms with E-state index in [2.05, 4.69) is 36.0 Å². The largest absolute Gasteiger partial charge is 0.376 e. The van der Waals surface area contributed by atoms with Crippen molar-refractivity contribution >= 4 is 5.96 Å². The van der Waals surface area contributed by atoms with Crippen molar-refractivity contribution in [3.8, 4) is 0 Å². The van der Waals surface area contributed by atoms with Gasteiger partial charge in [-0.3, -0.25) is 9.89 Å². The van der Waals surface area contributed by atoms with E-state index in [1.165, 1.54) is 19.4 Å². The molecule has 21 heavy (non-hydrogen) atoms. The summed E-state index contributed by atoms with van der Waals surface area (Å²) in [4.78, 5) is 7.05. The van der Waals surface area contributed by atoms with Gasteiger partial charge in [-0.25, -0.2) is 0 Å². The van der Waals surface area contributed by atoms with Gasteiger partial charge in [0.1, 0.15) is 0 Å². The Labute approximate surface area is 129 Å². The van der Waals surface area contributed by atoms with Crippen LogP contribution in [0.3, 0.4) is 0 Å². The van der Waals surface area contributed by atoms with Crippen molar-refractivity contribution in [1.82, 2.24) is 10.2 Å². The van der Waals surface area contributed by atoms with Crippen molar-refractivity contribution in [2.75, 3.05) is 26.2 Å². The van der Waals surface area contributed by atoms with Crippen LogP contribution >= 0.6 is 0 Å². The minimum atomic E-state index is 0.347. The molecule has 5 heteroatoms. The van der Waals surface area contributed by atoms with Gasteiger partial charge in [-0.15, -0.1) is 0 Å². The summed E-state index contributed by atoms with van der Waals surface area (Å²) >= 11 is 0. The Balaban J connectivity index is 1.71. The molecular formula is C16H32N4O. The monoisotopic (exact) mass is 296 g/mol. The van der Waals surface area contributed by atoms with Gasteiger partial charge in [-0.05, 0) is 58.5 Å². The summed E-state index contributed by atoms with van der Waals surface area (Å²) in [6, 6.07) is 0.617. The number of likely N-dealkylation sites (N-methyl/N-ethyl adjacent to an activating group) is 1. The third kappa shape index (κ3) is 5.15. The molecule has 3 N–H and O–H groups in total. The van der Waals surface area contributed by atoms with Crippen LogP contribution in [-0.2, 0) is 4.74 Å². The molecule has 5 nitrogen and oxygen atoms in total. The molecule has 0 bridgehead atoms. The number of nitrogens with two attached hydrogens (primary N) is 1. The van der Waals surface area contributed by atoms with Crippen LogP contribution in [0.2, 0.25) is 0 Å². The summed E-state index contributed by atoms with van der Waals surface area (Å²) in [6.45, 7) is 10.6. The van der Waals surface area contributed by atoms with Crippen molar-refractivity contribution in [2.24, 2.45) is 16.6 Å². The lowest BCUT2D eigenvalue weighted by atomic mass is 9.93. The minimum absolute atomic E-state index is 0.347. The van der Waals surface area contributed by atoms with Crippen LogP contribution in [0.5, 0.6) is 0 Å². The zero-order valence-electron chi connectivity index (χ0n) is 13.8. The Morgan fingerprint density at radius 1 is 1.33 bits per heavy atom. The number of nitrogens with zero attached hydrogens (tertiary/aromatic N) is 2. The molecule has 0 radical (unpaired) electrons. The topological polar surface area (TPSA) is 62.9 Å². The first-order valence-electron chi connectivity index (χ1n) is 8.51. The lowest BCUT2D eigenvalue weighted by molar-refractivity contribution is -0.0501. The Morgan fingerprint density at radius 3 is 2.71 bits per heavy atom. The number of likely N-dealkylation sites (tertiary alicyclic amines) is 1. The first-order valence-corrected chi connectivity index (χ1v) is 8.51. The second-order valence-electron chi connectivity index (χ2n) is 6.63. The number of rotatable bonds is 5. The van der Waals surface area contributed by atoms with Crippen LogP contribution < -0.4 is 11.1 Å². The Bertz CT molecular complexity index is 337. The molecule has 0 spiro atoms. The van der Waals surface area contributed by atoms with Crippen molar-refractivity contribution in [2.45, 2.75) is 64.7 Å². The highest BCUT2D eigenvalue weighted by Crippen LogP contribution is 2.24. The molecule has 2 rings (SSSR count). The molecule has 3 atom stereocenters. The Hall–Kier alpha value is -0.810. The highest BCUT2D eigenvalue weighted by molar-refractivity contribution is 5.77. The molecule has 2 aliphatic heterocycles. The number of hydrogen-bond acceptors (Lipinski definition) is 3. The van der Waals surface area contributed by atoms with Crippen molar-refractivity contribution in [3.05, 3.63) is 0 Å². The van der Waals surface area contributed by atoms with Crippen molar-refractivity contribution in [1.29, 1.82) is 0 Å². The summed E-state index contributed by atoms with van der Waals surface area (Å²) in [7, 11) is 0. The zero-order chi connectivity index (χ0) is 15.2. The Morgan fingerprint density at radius 2 is 2.05 bits per heavy atom. The highest BCUT2D eigenvalue weighted by Gasteiger charge is 2.24. The number of nitrogens with one attached hydrogen (secondary N) is 1. The number of hydrogen-bond donors (Lipinski definition) is 2. The van der Waals surface area contributed by atoms with E-state index in [0.29, 0.717) is 30.1 Å². The lowest BCUT2D eigenvalue weighted by Crippen LogP contribution is -2.43. The van der Waals surface area contributed by atoms with E-state index in [1.54, 1.807) is 0 Å². The second-order valence-corrected chi connectivity index (χ2v) is 6.63. The Kier molecular flexibility index (Phi) is 6.30. The molecule has 0 amide bonds. The predicted octanol–water partition coefficient (Wildman–Crippen LogP) is 1.58. The molecule has 0 aliphatic carbocycles. The molecule has 0 saturated carbocycles. The van der Waals surface area contributed by atoms with Gasteiger partial charge in [0, 0.05) is 19.1 Å². The van der Waals surface area contributed by atoms with Crippen LogP contribution in [0, 0.1) is 5.92 Å². The highest BCUT2D eigenvalue weighted by atomic mass is 16.5. The average molecular weight is 296 g/mol. The third-order valence-corrected chi connectivity index (χ3v) is 4.74. The fourth-order valence-electron chi connectivity index (χ4n) is 3.74. The second kappa shape index (κ2) is 7.99.